The second-order valence-electron chi connectivity index (χ2n) is 11.6. The van der Waals surface area contributed by atoms with Crippen LogP contribution >= 0.6 is 0 Å². The van der Waals surface area contributed by atoms with E-state index in [0.29, 0.717) is 41.9 Å². The first-order valence-corrected chi connectivity index (χ1v) is 15.9. The van der Waals surface area contributed by atoms with E-state index in [9.17, 15) is 18.0 Å². The number of rotatable bonds is 8. The Bertz CT molecular complexity index is 1290. The molecule has 1 aliphatic carbocycles. The highest BCUT2D eigenvalue weighted by molar-refractivity contribution is 7.90. The van der Waals surface area contributed by atoms with E-state index in [1.165, 1.54) is 0 Å². The van der Waals surface area contributed by atoms with E-state index in [4.69, 9.17) is 0 Å². The van der Waals surface area contributed by atoms with Gasteiger partial charge in [-0.15, -0.1) is 0 Å². The van der Waals surface area contributed by atoms with Gasteiger partial charge in [-0.2, -0.15) is 0 Å². The summed E-state index contributed by atoms with van der Waals surface area (Å²) >= 11 is 0. The zero-order valence-corrected chi connectivity index (χ0v) is 23.9. The summed E-state index contributed by atoms with van der Waals surface area (Å²) in [7, 11) is -3.54. The van der Waals surface area contributed by atoms with Gasteiger partial charge in [-0.3, -0.25) is 9.59 Å². The Morgan fingerprint density at radius 3 is 2.13 bits per heavy atom. The molecule has 0 spiro atoms. The van der Waals surface area contributed by atoms with Crippen molar-refractivity contribution in [2.24, 2.45) is 17.8 Å². The summed E-state index contributed by atoms with van der Waals surface area (Å²) in [4.78, 5) is 38.9. The van der Waals surface area contributed by atoms with Gasteiger partial charge in [0.15, 0.2) is 0 Å². The van der Waals surface area contributed by atoms with Gasteiger partial charge in [0.1, 0.15) is 0 Å². The molecule has 3 aliphatic rings. The van der Waals surface area contributed by atoms with Crippen LogP contribution < -0.4 is 5.32 Å². The Balaban J connectivity index is 1.18. The largest absolute Gasteiger partial charge is 0.349 e. The van der Waals surface area contributed by atoms with Crippen LogP contribution in [0.15, 0.2) is 35.5 Å². The normalized spacial score (nSPS) is 22.7. The summed E-state index contributed by atoms with van der Waals surface area (Å²) in [5, 5.41) is 3.11. The fourth-order valence-electron chi connectivity index (χ4n) is 6.55. The molecule has 1 aromatic heterocycles. The lowest BCUT2D eigenvalue weighted by Crippen LogP contribution is -2.37. The van der Waals surface area contributed by atoms with E-state index in [0.717, 1.165) is 63.6 Å². The second-order valence-corrected chi connectivity index (χ2v) is 13.5. The lowest BCUT2D eigenvalue weighted by atomic mass is 10.0. The Morgan fingerprint density at radius 2 is 1.56 bits per heavy atom. The van der Waals surface area contributed by atoms with Gasteiger partial charge in [0.05, 0.1) is 23.0 Å². The summed E-state index contributed by atoms with van der Waals surface area (Å²) in [5.41, 5.74) is 2.36. The molecule has 210 valence electrons. The number of carbonyl (C=O) groups is 2. The van der Waals surface area contributed by atoms with E-state index in [1.54, 1.807) is 13.8 Å². The highest BCUT2D eigenvalue weighted by atomic mass is 32.2. The number of aromatic nitrogens is 2. The van der Waals surface area contributed by atoms with Crippen LogP contribution in [0.2, 0.25) is 0 Å². The minimum absolute atomic E-state index is 0.00123. The van der Waals surface area contributed by atoms with Gasteiger partial charge in [-0.1, -0.05) is 43.2 Å². The van der Waals surface area contributed by atoms with Crippen LogP contribution in [0.1, 0.15) is 65.5 Å². The van der Waals surface area contributed by atoms with Crippen LogP contribution in [-0.4, -0.2) is 79.0 Å². The molecule has 0 bridgehead atoms. The maximum absolute atomic E-state index is 13.4. The molecule has 2 amide bonds. The fourth-order valence-corrected chi connectivity index (χ4v) is 7.16. The lowest BCUT2D eigenvalue weighted by Gasteiger charge is -2.26. The number of nitrogens with zero attached hydrogens (tertiary/aromatic N) is 4. The maximum Gasteiger partial charge on any atom is 0.257 e. The molecule has 1 saturated carbocycles. The van der Waals surface area contributed by atoms with Gasteiger partial charge in [0.2, 0.25) is 20.9 Å². The van der Waals surface area contributed by atoms with Crippen LogP contribution in [0.3, 0.4) is 0 Å². The molecule has 5 rings (SSSR count). The van der Waals surface area contributed by atoms with E-state index >= 15 is 0 Å². The molecule has 0 radical (unpaired) electrons. The summed E-state index contributed by atoms with van der Waals surface area (Å²) < 4.78 is 23.8. The van der Waals surface area contributed by atoms with Crippen molar-refractivity contribution in [2.75, 3.05) is 39.0 Å². The van der Waals surface area contributed by atoms with E-state index in [2.05, 4.69) is 32.3 Å². The summed E-state index contributed by atoms with van der Waals surface area (Å²) in [6, 6.07) is 10.2. The van der Waals surface area contributed by atoms with Crippen molar-refractivity contribution in [1.29, 1.82) is 0 Å². The number of sulfone groups is 1. The quantitative estimate of drug-likeness (QED) is 0.500. The second kappa shape index (κ2) is 11.3. The molecule has 3 atom stereocenters. The molecule has 2 saturated heterocycles. The Hall–Kier alpha value is -2.85. The molecule has 10 heteroatoms. The molecule has 1 N–H and O–H groups in total. The molecule has 1 aromatic carbocycles. The highest BCUT2D eigenvalue weighted by Crippen LogP contribution is 2.33. The standard InChI is InChI=1S/C29H39N5O4S/c1-19-26(20(2)31-29(30-19)39(3,37)38)28(36)34-17-23-15-33(16-24(23)18-34)14-13-25(21-9-5-4-6-10-21)32-27(35)22-11-7-8-12-22/h4-6,9-10,22-25H,7-8,11-18H2,1-3H3,(H,32,35)/t23?,24?,25-/m0/s1. The zero-order valence-electron chi connectivity index (χ0n) is 23.1. The van der Waals surface area contributed by atoms with E-state index in [1.807, 2.05) is 23.1 Å². The number of aryl methyl sites for hydroxylation is 2. The first-order chi connectivity index (χ1) is 18.6. The van der Waals surface area contributed by atoms with Crippen LogP contribution in [0.25, 0.3) is 0 Å². The maximum atomic E-state index is 13.4. The number of nitrogens with one attached hydrogen (secondary N) is 1. The van der Waals surface area contributed by atoms with Crippen molar-refractivity contribution in [1.82, 2.24) is 25.1 Å². The van der Waals surface area contributed by atoms with Crippen molar-refractivity contribution in [3.8, 4) is 0 Å². The third-order valence-electron chi connectivity index (χ3n) is 8.62. The molecule has 2 aliphatic heterocycles. The molecule has 9 nitrogen and oxygen atoms in total. The van der Waals surface area contributed by atoms with Gasteiger partial charge in [0, 0.05) is 44.9 Å². The fraction of sp³-hybridized carbons (Fsp3) is 0.586. The number of benzene rings is 1. The average molecular weight is 554 g/mol. The minimum Gasteiger partial charge on any atom is -0.349 e. The number of carbonyl (C=O) groups excluding carboxylic acids is 2. The first-order valence-electron chi connectivity index (χ1n) is 14.0. The molecule has 39 heavy (non-hydrogen) atoms. The van der Waals surface area contributed by atoms with Gasteiger partial charge in [0.25, 0.3) is 5.91 Å². The average Bonchev–Trinajstić information content (AvgIpc) is 3.63. The van der Waals surface area contributed by atoms with Gasteiger partial charge in [-0.05, 0) is 50.5 Å². The number of hydrogen-bond acceptors (Lipinski definition) is 7. The van der Waals surface area contributed by atoms with Crippen LogP contribution in [0.5, 0.6) is 0 Å². The molecular weight excluding hydrogens is 514 g/mol. The Labute approximate surface area is 231 Å². The summed E-state index contributed by atoms with van der Waals surface area (Å²) in [6.45, 7) is 7.43. The monoisotopic (exact) mass is 553 g/mol. The number of likely N-dealkylation sites (tertiary alicyclic amines) is 2. The molecule has 3 fully saturated rings. The predicted octanol–water partition coefficient (Wildman–Crippen LogP) is 2.94. The minimum atomic E-state index is -3.54. The summed E-state index contributed by atoms with van der Waals surface area (Å²) in [6.07, 6.45) is 6.19. The molecule has 2 aromatic rings. The van der Waals surface area contributed by atoms with Crippen molar-refractivity contribution < 1.29 is 18.0 Å². The summed E-state index contributed by atoms with van der Waals surface area (Å²) in [5.74, 6) is 1.01. The molecule has 3 heterocycles. The SMILES string of the molecule is Cc1nc(S(C)(=O)=O)nc(C)c1C(=O)N1CC2CN(CC[C@H](NC(=O)C3CCCC3)c3ccccc3)CC2C1. The molecular formula is C29H39N5O4S. The molecule has 2 unspecified atom stereocenters. The number of hydrogen-bond donors (Lipinski definition) is 1. The van der Waals surface area contributed by atoms with Gasteiger partial charge < -0.3 is 15.1 Å². The zero-order chi connectivity index (χ0) is 27.7. The Morgan fingerprint density at radius 1 is 0.974 bits per heavy atom. The van der Waals surface area contributed by atoms with Gasteiger partial charge in [-0.25, -0.2) is 18.4 Å². The smallest absolute Gasteiger partial charge is 0.257 e. The van der Waals surface area contributed by atoms with Crippen LogP contribution in [0.4, 0.5) is 0 Å². The predicted molar refractivity (Wildman–Crippen MR) is 148 cm³/mol. The lowest BCUT2D eigenvalue weighted by molar-refractivity contribution is -0.125. The topological polar surface area (TPSA) is 113 Å². The van der Waals surface area contributed by atoms with E-state index < -0.39 is 9.84 Å². The number of fused-ring (bicyclic) bond motifs is 1. The highest BCUT2D eigenvalue weighted by Gasteiger charge is 2.42. The third-order valence-corrected chi connectivity index (χ3v) is 9.47. The van der Waals surface area contributed by atoms with Crippen molar-refractivity contribution in [3.05, 3.63) is 52.8 Å². The Kier molecular flexibility index (Phi) is 8.05. The van der Waals surface area contributed by atoms with Crippen molar-refractivity contribution in [2.45, 2.75) is 57.1 Å². The van der Waals surface area contributed by atoms with Gasteiger partial charge >= 0.3 is 0 Å². The van der Waals surface area contributed by atoms with Crippen molar-refractivity contribution in [3.63, 3.8) is 0 Å². The number of amides is 2. The van der Waals surface area contributed by atoms with Crippen molar-refractivity contribution >= 4 is 21.7 Å². The van der Waals surface area contributed by atoms with Crippen LogP contribution in [0, 0.1) is 31.6 Å². The van der Waals surface area contributed by atoms with E-state index in [-0.39, 0.29) is 28.9 Å². The first kappa shape index (κ1) is 27.7. The van der Waals surface area contributed by atoms with Crippen LogP contribution in [-0.2, 0) is 14.6 Å². The third kappa shape index (κ3) is 6.17.